The molecule has 0 saturated heterocycles. The molecule has 0 aliphatic carbocycles. The molecule has 0 amide bonds. The van der Waals surface area contributed by atoms with E-state index >= 15 is 0 Å². The molecular formula is C11H18O6S. The zero-order chi connectivity index (χ0) is 14.1. The van der Waals surface area contributed by atoms with Crippen molar-refractivity contribution in [3.8, 4) is 17.2 Å². The second kappa shape index (κ2) is 8.60. The minimum atomic E-state index is -1.42. The van der Waals surface area contributed by atoms with Gasteiger partial charge in [-0.1, -0.05) is 0 Å². The maximum atomic E-state index is 9.48. The summed E-state index contributed by atoms with van der Waals surface area (Å²) in [4.78, 5) is 0. The summed E-state index contributed by atoms with van der Waals surface area (Å²) in [7, 11) is 4.63. The average molecular weight is 278 g/mol. The van der Waals surface area contributed by atoms with Crippen LogP contribution in [0.2, 0.25) is 0 Å². The molecule has 0 saturated carbocycles. The highest BCUT2D eigenvalue weighted by molar-refractivity contribution is 7.51. The summed E-state index contributed by atoms with van der Waals surface area (Å²) >= 11 is -1.42. The minimum Gasteiger partial charge on any atom is -0.493 e. The Morgan fingerprint density at radius 3 is 1.67 bits per heavy atom. The van der Waals surface area contributed by atoms with E-state index in [0.29, 0.717) is 17.2 Å². The smallest absolute Gasteiger partial charge is 0.203 e. The maximum Gasteiger partial charge on any atom is 0.203 e. The molecule has 0 fully saturated rings. The molecule has 1 rings (SSSR count). The van der Waals surface area contributed by atoms with Crippen molar-refractivity contribution >= 4 is 11.6 Å². The van der Waals surface area contributed by atoms with E-state index in [0.717, 1.165) is 5.56 Å². The first-order valence-electron chi connectivity index (χ1n) is 5.02. The SMILES string of the molecule is COc1cc(C(C)O)cc(OC)c1OC.O=[SH2]=O. The topological polar surface area (TPSA) is 82.1 Å². The molecule has 0 aromatic heterocycles. The van der Waals surface area contributed by atoms with Gasteiger partial charge in [0.2, 0.25) is 5.75 Å². The van der Waals surface area contributed by atoms with Gasteiger partial charge in [-0.25, -0.2) is 8.42 Å². The van der Waals surface area contributed by atoms with Crippen LogP contribution >= 0.6 is 0 Å². The molecule has 1 unspecified atom stereocenters. The van der Waals surface area contributed by atoms with Gasteiger partial charge >= 0.3 is 0 Å². The Morgan fingerprint density at radius 1 is 1.06 bits per heavy atom. The largest absolute Gasteiger partial charge is 0.493 e. The van der Waals surface area contributed by atoms with E-state index in [2.05, 4.69) is 0 Å². The quantitative estimate of drug-likeness (QED) is 0.866. The van der Waals surface area contributed by atoms with Crippen LogP contribution in [-0.4, -0.2) is 34.9 Å². The summed E-state index contributed by atoms with van der Waals surface area (Å²) in [5, 5.41) is 9.48. The first kappa shape index (κ1) is 16.5. The number of hydrogen-bond acceptors (Lipinski definition) is 6. The monoisotopic (exact) mass is 278 g/mol. The fraction of sp³-hybridized carbons (Fsp3) is 0.455. The molecule has 0 radical (unpaired) electrons. The highest BCUT2D eigenvalue weighted by Gasteiger charge is 2.14. The lowest BCUT2D eigenvalue weighted by molar-refractivity contribution is 0.198. The van der Waals surface area contributed by atoms with Crippen LogP contribution in [0.3, 0.4) is 0 Å². The molecule has 1 aromatic rings. The van der Waals surface area contributed by atoms with E-state index in [9.17, 15) is 5.11 Å². The molecule has 1 N–H and O–H groups in total. The third-order valence-electron chi connectivity index (χ3n) is 2.17. The Labute approximate surface area is 109 Å². The number of hydrogen-bond donors (Lipinski definition) is 1. The van der Waals surface area contributed by atoms with E-state index in [4.69, 9.17) is 22.6 Å². The normalized spacial score (nSPS) is 10.9. The Hall–Kier alpha value is -1.47. The molecule has 0 bridgehead atoms. The molecule has 0 aliphatic heterocycles. The first-order chi connectivity index (χ1) is 8.55. The van der Waals surface area contributed by atoms with Gasteiger partial charge in [-0.05, 0) is 24.6 Å². The number of aliphatic hydroxyl groups excluding tert-OH is 1. The summed E-state index contributed by atoms with van der Waals surface area (Å²) < 4.78 is 32.3. The predicted molar refractivity (Wildman–Crippen MR) is 68.4 cm³/mol. The fourth-order valence-electron chi connectivity index (χ4n) is 1.34. The van der Waals surface area contributed by atoms with Crippen molar-refractivity contribution < 1.29 is 27.7 Å². The predicted octanol–water partition coefficient (Wildman–Crippen LogP) is 0.560. The lowest BCUT2D eigenvalue weighted by Gasteiger charge is -2.15. The number of rotatable bonds is 4. The molecule has 0 aliphatic rings. The minimum absolute atomic E-state index is 0.532. The van der Waals surface area contributed by atoms with E-state index in [1.807, 2.05) is 0 Å². The average Bonchev–Trinajstić information content (AvgIpc) is 2.37. The van der Waals surface area contributed by atoms with Gasteiger partial charge < -0.3 is 19.3 Å². The lowest BCUT2D eigenvalue weighted by Crippen LogP contribution is -1.98. The van der Waals surface area contributed by atoms with Crippen molar-refractivity contribution in [3.05, 3.63) is 17.7 Å². The van der Waals surface area contributed by atoms with Crippen LogP contribution in [0.5, 0.6) is 17.2 Å². The van der Waals surface area contributed by atoms with E-state index in [1.54, 1.807) is 40.4 Å². The van der Waals surface area contributed by atoms with Gasteiger partial charge in [-0.15, -0.1) is 0 Å². The standard InChI is InChI=1S/C11H16O4.H2O2S/c1-7(12)8-5-9(13-2)11(15-4)10(6-8)14-3;1-3-2/h5-7,12H,1-4H3;3H2. The molecule has 0 heterocycles. The van der Waals surface area contributed by atoms with Crippen LogP contribution < -0.4 is 14.2 Å². The van der Waals surface area contributed by atoms with Crippen molar-refractivity contribution in [2.45, 2.75) is 13.0 Å². The third-order valence-corrected chi connectivity index (χ3v) is 2.17. The van der Waals surface area contributed by atoms with Gasteiger partial charge in [-0.2, -0.15) is 0 Å². The second-order valence-electron chi connectivity index (χ2n) is 3.22. The Balaban J connectivity index is 0.000000873. The number of methoxy groups -OCH3 is 3. The molecule has 0 spiro atoms. The summed E-state index contributed by atoms with van der Waals surface area (Å²) in [6, 6.07) is 3.46. The van der Waals surface area contributed by atoms with Crippen LogP contribution in [0.15, 0.2) is 12.1 Å². The third kappa shape index (κ3) is 4.42. The van der Waals surface area contributed by atoms with Crippen LogP contribution in [0, 0.1) is 0 Å². The van der Waals surface area contributed by atoms with Gasteiger partial charge in [0.05, 0.1) is 27.4 Å². The summed E-state index contributed by atoms with van der Waals surface area (Å²) in [5.74, 6) is 1.63. The number of benzene rings is 1. The molecule has 18 heavy (non-hydrogen) atoms. The van der Waals surface area contributed by atoms with Crippen LogP contribution in [0.1, 0.15) is 18.6 Å². The molecular weight excluding hydrogens is 260 g/mol. The Kier molecular flexibility index (Phi) is 7.89. The first-order valence-corrected chi connectivity index (χ1v) is 5.84. The van der Waals surface area contributed by atoms with Crippen LogP contribution in [0.25, 0.3) is 0 Å². The van der Waals surface area contributed by atoms with Crippen molar-refractivity contribution in [2.24, 2.45) is 0 Å². The Morgan fingerprint density at radius 2 is 1.44 bits per heavy atom. The Bertz CT molecular complexity index is 387. The van der Waals surface area contributed by atoms with E-state index in [-0.39, 0.29) is 0 Å². The molecule has 1 aromatic carbocycles. The summed E-state index contributed by atoms with van der Waals surface area (Å²) in [5.41, 5.74) is 0.726. The molecule has 7 heteroatoms. The molecule has 1 atom stereocenters. The molecule has 104 valence electrons. The zero-order valence-corrected chi connectivity index (χ0v) is 11.7. The second-order valence-corrected chi connectivity index (χ2v) is 3.38. The molecule has 6 nitrogen and oxygen atoms in total. The summed E-state index contributed by atoms with van der Waals surface area (Å²) in [6.45, 7) is 1.68. The van der Waals surface area contributed by atoms with E-state index < -0.39 is 17.7 Å². The van der Waals surface area contributed by atoms with Gasteiger partial charge in [0.1, 0.15) is 11.6 Å². The van der Waals surface area contributed by atoms with Crippen LogP contribution in [-0.2, 0) is 11.6 Å². The van der Waals surface area contributed by atoms with E-state index in [1.165, 1.54) is 0 Å². The highest BCUT2D eigenvalue weighted by Crippen LogP contribution is 2.39. The van der Waals surface area contributed by atoms with Gasteiger partial charge in [0, 0.05) is 0 Å². The van der Waals surface area contributed by atoms with Crippen LogP contribution in [0.4, 0.5) is 0 Å². The lowest BCUT2D eigenvalue weighted by atomic mass is 10.1. The fourth-order valence-corrected chi connectivity index (χ4v) is 1.34. The van der Waals surface area contributed by atoms with Crippen molar-refractivity contribution in [3.63, 3.8) is 0 Å². The maximum absolute atomic E-state index is 9.48. The van der Waals surface area contributed by atoms with Gasteiger partial charge in [0.15, 0.2) is 11.5 Å². The number of aliphatic hydroxyl groups is 1. The van der Waals surface area contributed by atoms with Crippen molar-refractivity contribution in [1.82, 2.24) is 0 Å². The van der Waals surface area contributed by atoms with Gasteiger partial charge in [0.25, 0.3) is 0 Å². The summed E-state index contributed by atoms with van der Waals surface area (Å²) in [6.07, 6.45) is -0.571. The zero-order valence-electron chi connectivity index (χ0n) is 10.7. The van der Waals surface area contributed by atoms with Gasteiger partial charge in [-0.3, -0.25) is 0 Å². The van der Waals surface area contributed by atoms with Crippen molar-refractivity contribution in [2.75, 3.05) is 21.3 Å². The highest BCUT2D eigenvalue weighted by atomic mass is 32.1. The van der Waals surface area contributed by atoms with Crippen molar-refractivity contribution in [1.29, 1.82) is 0 Å². The number of ether oxygens (including phenoxy) is 3.